The number of carbonyl (C=O) groups excluding carboxylic acids is 3. The van der Waals surface area contributed by atoms with E-state index >= 15 is 0 Å². The van der Waals surface area contributed by atoms with Crippen LogP contribution in [0.3, 0.4) is 0 Å². The van der Waals surface area contributed by atoms with E-state index in [4.69, 9.17) is 22.1 Å². The summed E-state index contributed by atoms with van der Waals surface area (Å²) in [5.74, 6) is -1.97. The zero-order valence-corrected chi connectivity index (χ0v) is 18.2. The zero-order chi connectivity index (χ0) is 22.5. The zero-order valence-electron chi connectivity index (χ0n) is 16.7. The number of carbonyl (C=O) groups is 3. The van der Waals surface area contributed by atoms with Crippen molar-refractivity contribution in [3.05, 3.63) is 69.8 Å². The number of hydrogen-bond donors (Lipinski definition) is 2. The Hall–Kier alpha value is -3.43. The van der Waals surface area contributed by atoms with Gasteiger partial charge in [-0.1, -0.05) is 29.8 Å². The number of nitrogens with zero attached hydrogens (tertiary/aromatic N) is 2. The van der Waals surface area contributed by atoms with E-state index in [0.29, 0.717) is 21.4 Å². The third kappa shape index (κ3) is 5.19. The number of esters is 1. The van der Waals surface area contributed by atoms with Gasteiger partial charge < -0.3 is 15.8 Å². The summed E-state index contributed by atoms with van der Waals surface area (Å²) in [6.45, 7) is 3.19. The first-order chi connectivity index (χ1) is 14.8. The highest BCUT2D eigenvalue weighted by molar-refractivity contribution is 7.14. The number of hydrogen-bond acceptors (Lipinski definition) is 6. The van der Waals surface area contributed by atoms with Crippen molar-refractivity contribution in [3.8, 4) is 5.69 Å². The monoisotopic (exact) mass is 458 g/mol. The number of halogens is 1. The van der Waals surface area contributed by atoms with Crippen molar-refractivity contribution in [2.45, 2.75) is 20.0 Å². The number of nitrogens with two attached hydrogens (primary N) is 1. The minimum Gasteiger partial charge on any atom is -0.449 e. The first kappa shape index (κ1) is 22.3. The summed E-state index contributed by atoms with van der Waals surface area (Å²) in [5.41, 5.74) is 7.42. The summed E-state index contributed by atoms with van der Waals surface area (Å²) in [6.07, 6.45) is 1.57. The molecule has 3 N–H and O–H groups in total. The number of amides is 2. The molecule has 10 heteroatoms. The minimum atomic E-state index is -1.09. The van der Waals surface area contributed by atoms with Gasteiger partial charge >= 0.3 is 5.97 Å². The van der Waals surface area contributed by atoms with Gasteiger partial charge in [0, 0.05) is 11.6 Å². The molecule has 31 heavy (non-hydrogen) atoms. The number of benzene rings is 1. The van der Waals surface area contributed by atoms with Gasteiger partial charge in [0.25, 0.3) is 11.8 Å². The van der Waals surface area contributed by atoms with Gasteiger partial charge in [0.15, 0.2) is 6.10 Å². The van der Waals surface area contributed by atoms with Crippen LogP contribution >= 0.6 is 22.9 Å². The molecule has 0 saturated carbocycles. The fraction of sp³-hybridized carbons (Fsp3) is 0.143. The maximum absolute atomic E-state index is 12.3. The van der Waals surface area contributed by atoms with Gasteiger partial charge in [0.1, 0.15) is 10.2 Å². The fourth-order valence-electron chi connectivity index (χ4n) is 2.67. The van der Waals surface area contributed by atoms with Crippen LogP contribution in [-0.4, -0.2) is 33.7 Å². The quantitative estimate of drug-likeness (QED) is 0.414. The molecule has 0 spiro atoms. The summed E-state index contributed by atoms with van der Waals surface area (Å²) in [4.78, 5) is 35.8. The van der Waals surface area contributed by atoms with E-state index in [-0.39, 0.29) is 5.56 Å². The van der Waals surface area contributed by atoms with Crippen LogP contribution in [-0.2, 0) is 14.3 Å². The van der Waals surface area contributed by atoms with E-state index < -0.39 is 23.9 Å². The second-order valence-electron chi connectivity index (χ2n) is 6.47. The maximum Gasteiger partial charge on any atom is 0.331 e. The highest BCUT2D eigenvalue weighted by atomic mass is 35.5. The number of aryl methyl sites for hydroxylation is 1. The van der Waals surface area contributed by atoms with E-state index in [0.717, 1.165) is 17.0 Å². The Morgan fingerprint density at radius 3 is 2.65 bits per heavy atom. The summed E-state index contributed by atoms with van der Waals surface area (Å²) in [6, 6.07) is 10.8. The molecule has 0 fully saturated rings. The minimum absolute atomic E-state index is 0.192. The summed E-state index contributed by atoms with van der Waals surface area (Å²) >= 11 is 7.56. The standard InChI is InChI=1S/C21H19ClN4O4S/c1-12-15(18(22)26(25-12)14-6-4-3-5-7-14)8-9-17(27)30-13(2)20(29)24-21-16(19(23)28)10-11-31-21/h3-11,13H,1-2H3,(H2,23,28)(H,24,29)/b9-8+. The molecule has 2 amide bonds. The Morgan fingerprint density at radius 2 is 1.97 bits per heavy atom. The van der Waals surface area contributed by atoms with Gasteiger partial charge in [-0.25, -0.2) is 9.48 Å². The van der Waals surface area contributed by atoms with E-state index in [1.165, 1.54) is 25.1 Å². The predicted molar refractivity (Wildman–Crippen MR) is 119 cm³/mol. The normalized spacial score (nSPS) is 12.0. The fourth-order valence-corrected chi connectivity index (χ4v) is 3.80. The molecule has 0 bridgehead atoms. The molecule has 0 saturated heterocycles. The summed E-state index contributed by atoms with van der Waals surface area (Å²) in [7, 11) is 0. The summed E-state index contributed by atoms with van der Waals surface area (Å²) in [5, 5.41) is 9.19. The van der Waals surface area contributed by atoms with Crippen LogP contribution < -0.4 is 11.1 Å². The van der Waals surface area contributed by atoms with Crippen molar-refractivity contribution in [2.24, 2.45) is 5.73 Å². The lowest BCUT2D eigenvalue weighted by molar-refractivity contribution is -0.148. The molecular weight excluding hydrogens is 440 g/mol. The number of rotatable bonds is 7. The average molecular weight is 459 g/mol. The molecular formula is C21H19ClN4O4S. The Morgan fingerprint density at radius 1 is 1.26 bits per heavy atom. The molecule has 1 atom stereocenters. The second-order valence-corrected chi connectivity index (χ2v) is 7.74. The lowest BCUT2D eigenvalue weighted by atomic mass is 10.2. The van der Waals surface area contributed by atoms with Crippen molar-refractivity contribution < 1.29 is 19.1 Å². The Balaban J connectivity index is 1.65. The van der Waals surface area contributed by atoms with Crippen molar-refractivity contribution >= 4 is 51.8 Å². The van der Waals surface area contributed by atoms with Crippen LogP contribution in [0.15, 0.2) is 47.9 Å². The molecule has 1 unspecified atom stereocenters. The Bertz CT molecular complexity index is 1150. The second kappa shape index (κ2) is 9.59. The van der Waals surface area contributed by atoms with Crippen LogP contribution in [0.2, 0.25) is 5.15 Å². The van der Waals surface area contributed by atoms with Crippen molar-refractivity contribution in [3.63, 3.8) is 0 Å². The van der Waals surface area contributed by atoms with Crippen molar-refractivity contribution in [1.29, 1.82) is 0 Å². The average Bonchev–Trinajstić information content (AvgIpc) is 3.31. The van der Waals surface area contributed by atoms with Gasteiger partial charge in [0.05, 0.1) is 16.9 Å². The highest BCUT2D eigenvalue weighted by Crippen LogP contribution is 2.25. The molecule has 0 aliphatic rings. The van der Waals surface area contributed by atoms with E-state index in [9.17, 15) is 14.4 Å². The van der Waals surface area contributed by atoms with Gasteiger partial charge in [0.2, 0.25) is 0 Å². The van der Waals surface area contributed by atoms with Gasteiger partial charge in [-0.15, -0.1) is 11.3 Å². The predicted octanol–water partition coefficient (Wildman–Crippen LogP) is 3.58. The number of para-hydroxylation sites is 1. The Labute approximate surface area is 187 Å². The number of nitrogens with one attached hydrogen (secondary N) is 1. The molecule has 0 aliphatic carbocycles. The first-order valence-electron chi connectivity index (χ1n) is 9.15. The van der Waals surface area contributed by atoms with Crippen LogP contribution in [0, 0.1) is 6.92 Å². The summed E-state index contributed by atoms with van der Waals surface area (Å²) < 4.78 is 6.70. The van der Waals surface area contributed by atoms with Gasteiger partial charge in [-0.2, -0.15) is 5.10 Å². The van der Waals surface area contributed by atoms with Gasteiger partial charge in [-0.05, 0) is 43.5 Å². The molecule has 1 aromatic carbocycles. The molecule has 2 aromatic heterocycles. The van der Waals surface area contributed by atoms with Crippen LogP contribution in [0.25, 0.3) is 11.8 Å². The van der Waals surface area contributed by atoms with E-state index in [2.05, 4.69) is 10.4 Å². The largest absolute Gasteiger partial charge is 0.449 e. The number of thiophene rings is 1. The maximum atomic E-state index is 12.3. The van der Waals surface area contributed by atoms with Crippen LogP contribution in [0.4, 0.5) is 5.00 Å². The third-order valence-corrected chi connectivity index (χ3v) is 5.46. The lowest BCUT2D eigenvalue weighted by Gasteiger charge is -2.12. The molecule has 0 radical (unpaired) electrons. The Kier molecular flexibility index (Phi) is 6.88. The smallest absolute Gasteiger partial charge is 0.331 e. The molecule has 3 rings (SSSR count). The topological polar surface area (TPSA) is 116 Å². The molecule has 8 nitrogen and oxygen atoms in total. The lowest BCUT2D eigenvalue weighted by Crippen LogP contribution is -2.29. The highest BCUT2D eigenvalue weighted by Gasteiger charge is 2.20. The molecule has 160 valence electrons. The SMILES string of the molecule is Cc1nn(-c2ccccc2)c(Cl)c1/C=C/C(=O)OC(C)C(=O)Nc1sccc1C(N)=O. The first-order valence-corrected chi connectivity index (χ1v) is 10.4. The van der Waals surface area contributed by atoms with Crippen molar-refractivity contribution in [2.75, 3.05) is 5.32 Å². The van der Waals surface area contributed by atoms with E-state index in [1.54, 1.807) is 17.0 Å². The third-order valence-electron chi connectivity index (χ3n) is 4.26. The number of aromatic nitrogens is 2. The molecule has 0 aliphatic heterocycles. The van der Waals surface area contributed by atoms with Crippen molar-refractivity contribution in [1.82, 2.24) is 9.78 Å². The van der Waals surface area contributed by atoms with E-state index in [1.807, 2.05) is 30.3 Å². The number of primary amides is 1. The number of ether oxygens (including phenoxy) is 1. The molecule has 3 aromatic rings. The van der Waals surface area contributed by atoms with Crippen LogP contribution in [0.1, 0.15) is 28.5 Å². The van der Waals surface area contributed by atoms with Gasteiger partial charge in [-0.3, -0.25) is 9.59 Å². The van der Waals surface area contributed by atoms with Crippen LogP contribution in [0.5, 0.6) is 0 Å². The molecule has 2 heterocycles. The number of anilines is 1.